The number of rotatable bonds is 2. The summed E-state index contributed by atoms with van der Waals surface area (Å²) >= 11 is 9.79. The van der Waals surface area contributed by atoms with Crippen LogP contribution in [0.15, 0.2) is 46.9 Å². The van der Waals surface area contributed by atoms with Crippen LogP contribution < -0.4 is 0 Å². The SMILES string of the molecule is Cc1ccc(Cl)cc1[C@@H]1C(=O)N(C)C[C@@H]1c1ccccc1Br. The lowest BCUT2D eigenvalue weighted by molar-refractivity contribution is -0.127. The van der Waals surface area contributed by atoms with E-state index in [-0.39, 0.29) is 17.7 Å². The summed E-state index contributed by atoms with van der Waals surface area (Å²) in [6, 6.07) is 13.9. The first-order valence-electron chi connectivity index (χ1n) is 7.24. The number of likely N-dealkylation sites (N-methyl/N-ethyl adjacent to an activating group) is 1. The van der Waals surface area contributed by atoms with Crippen molar-refractivity contribution in [3.05, 3.63) is 68.7 Å². The maximum atomic E-state index is 12.7. The summed E-state index contributed by atoms with van der Waals surface area (Å²) < 4.78 is 1.05. The van der Waals surface area contributed by atoms with Crippen molar-refractivity contribution >= 4 is 33.4 Å². The zero-order chi connectivity index (χ0) is 15.9. The van der Waals surface area contributed by atoms with Crippen molar-refractivity contribution in [1.29, 1.82) is 0 Å². The van der Waals surface area contributed by atoms with E-state index in [4.69, 9.17) is 11.6 Å². The zero-order valence-corrected chi connectivity index (χ0v) is 14.9. The first-order chi connectivity index (χ1) is 10.5. The number of aryl methyl sites for hydroxylation is 1. The van der Waals surface area contributed by atoms with Gasteiger partial charge in [-0.1, -0.05) is 51.8 Å². The predicted molar refractivity (Wildman–Crippen MR) is 93.5 cm³/mol. The quantitative estimate of drug-likeness (QED) is 0.738. The van der Waals surface area contributed by atoms with E-state index < -0.39 is 0 Å². The minimum atomic E-state index is -0.178. The molecule has 2 atom stereocenters. The van der Waals surface area contributed by atoms with E-state index in [1.165, 1.54) is 5.56 Å². The Labute approximate surface area is 144 Å². The monoisotopic (exact) mass is 377 g/mol. The number of carbonyl (C=O) groups excluding carboxylic acids is 1. The first kappa shape index (κ1) is 15.6. The van der Waals surface area contributed by atoms with Gasteiger partial charge in [0.05, 0.1) is 5.92 Å². The first-order valence-corrected chi connectivity index (χ1v) is 8.41. The summed E-state index contributed by atoms with van der Waals surface area (Å²) in [5.74, 6) is 0.110. The molecule has 0 spiro atoms. The van der Waals surface area contributed by atoms with Gasteiger partial charge in [-0.3, -0.25) is 4.79 Å². The third kappa shape index (κ3) is 2.68. The van der Waals surface area contributed by atoms with Crippen LogP contribution in [0.3, 0.4) is 0 Å². The predicted octanol–water partition coefficient (Wildman–Crippen LogP) is 4.75. The van der Waals surface area contributed by atoms with Crippen molar-refractivity contribution in [2.45, 2.75) is 18.8 Å². The van der Waals surface area contributed by atoms with Crippen molar-refractivity contribution in [3.63, 3.8) is 0 Å². The Morgan fingerprint density at radius 2 is 1.91 bits per heavy atom. The van der Waals surface area contributed by atoms with Crippen LogP contribution in [0.25, 0.3) is 0 Å². The molecule has 1 aliphatic heterocycles. The molecule has 2 aromatic carbocycles. The van der Waals surface area contributed by atoms with Crippen LogP contribution in [0, 0.1) is 6.92 Å². The topological polar surface area (TPSA) is 20.3 Å². The van der Waals surface area contributed by atoms with E-state index in [0.29, 0.717) is 5.02 Å². The largest absolute Gasteiger partial charge is 0.345 e. The van der Waals surface area contributed by atoms with E-state index >= 15 is 0 Å². The average Bonchev–Trinajstić information content (AvgIpc) is 2.78. The molecule has 114 valence electrons. The molecule has 0 aromatic heterocycles. The molecule has 2 aromatic rings. The molecule has 0 radical (unpaired) electrons. The lowest BCUT2D eigenvalue weighted by atomic mass is 9.82. The molecular formula is C18H17BrClNO. The van der Waals surface area contributed by atoms with Gasteiger partial charge in [0.2, 0.25) is 5.91 Å². The van der Waals surface area contributed by atoms with Crippen LogP contribution >= 0.6 is 27.5 Å². The highest BCUT2D eigenvalue weighted by atomic mass is 79.9. The third-order valence-electron chi connectivity index (χ3n) is 4.40. The second kappa shape index (κ2) is 6.05. The van der Waals surface area contributed by atoms with E-state index in [9.17, 15) is 4.79 Å². The maximum absolute atomic E-state index is 12.7. The van der Waals surface area contributed by atoms with Gasteiger partial charge < -0.3 is 4.90 Å². The van der Waals surface area contributed by atoms with Crippen LogP contribution in [-0.4, -0.2) is 24.4 Å². The highest BCUT2D eigenvalue weighted by Gasteiger charge is 2.41. The molecule has 22 heavy (non-hydrogen) atoms. The number of amides is 1. The van der Waals surface area contributed by atoms with Gasteiger partial charge in [-0.05, 0) is 41.8 Å². The fourth-order valence-electron chi connectivity index (χ4n) is 3.25. The van der Waals surface area contributed by atoms with Crippen molar-refractivity contribution in [2.24, 2.45) is 0 Å². The fraction of sp³-hybridized carbons (Fsp3) is 0.278. The van der Waals surface area contributed by atoms with Crippen LogP contribution in [0.2, 0.25) is 5.02 Å². The number of halogens is 2. The summed E-state index contributed by atoms with van der Waals surface area (Å²) in [6.07, 6.45) is 0. The molecule has 1 heterocycles. The van der Waals surface area contributed by atoms with Crippen LogP contribution in [0.5, 0.6) is 0 Å². The highest BCUT2D eigenvalue weighted by Crippen LogP contribution is 2.43. The molecule has 0 unspecified atom stereocenters. The van der Waals surface area contributed by atoms with Gasteiger partial charge in [0.1, 0.15) is 0 Å². The van der Waals surface area contributed by atoms with E-state index in [0.717, 1.165) is 22.1 Å². The van der Waals surface area contributed by atoms with Gasteiger partial charge in [0.15, 0.2) is 0 Å². The van der Waals surface area contributed by atoms with Gasteiger partial charge in [0.25, 0.3) is 0 Å². The Balaban J connectivity index is 2.12. The molecule has 0 aliphatic carbocycles. The summed E-state index contributed by atoms with van der Waals surface area (Å²) in [4.78, 5) is 14.5. The summed E-state index contributed by atoms with van der Waals surface area (Å²) in [5, 5.41) is 0.675. The fourth-order valence-corrected chi connectivity index (χ4v) is 4.01. The molecule has 1 saturated heterocycles. The van der Waals surface area contributed by atoms with Crippen molar-refractivity contribution in [3.8, 4) is 0 Å². The van der Waals surface area contributed by atoms with Crippen molar-refractivity contribution in [1.82, 2.24) is 4.90 Å². The Hall–Kier alpha value is -1.32. The Morgan fingerprint density at radius 3 is 2.64 bits per heavy atom. The van der Waals surface area contributed by atoms with Gasteiger partial charge >= 0.3 is 0 Å². The van der Waals surface area contributed by atoms with Gasteiger partial charge in [-0.2, -0.15) is 0 Å². The van der Waals surface area contributed by atoms with E-state index in [1.54, 1.807) is 0 Å². The van der Waals surface area contributed by atoms with Crippen molar-refractivity contribution in [2.75, 3.05) is 13.6 Å². The Morgan fingerprint density at radius 1 is 1.18 bits per heavy atom. The molecular weight excluding hydrogens is 362 g/mol. The zero-order valence-electron chi connectivity index (χ0n) is 12.5. The molecule has 4 heteroatoms. The number of nitrogens with zero attached hydrogens (tertiary/aromatic N) is 1. The normalized spacial score (nSPS) is 21.5. The molecule has 1 amide bonds. The molecule has 1 aliphatic rings. The molecule has 0 bridgehead atoms. The Bertz CT molecular complexity index is 731. The minimum Gasteiger partial charge on any atom is -0.345 e. The van der Waals surface area contributed by atoms with Crippen LogP contribution in [-0.2, 0) is 4.79 Å². The number of hydrogen-bond acceptors (Lipinski definition) is 1. The average molecular weight is 379 g/mol. The highest BCUT2D eigenvalue weighted by molar-refractivity contribution is 9.10. The summed E-state index contributed by atoms with van der Waals surface area (Å²) in [6.45, 7) is 2.76. The third-order valence-corrected chi connectivity index (χ3v) is 5.35. The smallest absolute Gasteiger partial charge is 0.230 e. The van der Waals surface area contributed by atoms with E-state index in [2.05, 4.69) is 22.0 Å². The van der Waals surface area contributed by atoms with Gasteiger partial charge in [0, 0.05) is 29.0 Å². The number of hydrogen-bond donors (Lipinski definition) is 0. The number of benzene rings is 2. The summed E-state index contributed by atoms with van der Waals surface area (Å²) in [5.41, 5.74) is 3.31. The number of carbonyl (C=O) groups is 1. The maximum Gasteiger partial charge on any atom is 0.230 e. The van der Waals surface area contributed by atoms with Crippen LogP contribution in [0.1, 0.15) is 28.5 Å². The standard InChI is InChI=1S/C18H17BrClNO/c1-11-7-8-12(20)9-14(11)17-15(10-21(2)18(17)22)13-5-3-4-6-16(13)19/h3-9,15,17H,10H2,1-2H3/t15-,17+/m1/s1. The van der Waals surface area contributed by atoms with Gasteiger partial charge in [-0.15, -0.1) is 0 Å². The lowest BCUT2D eigenvalue weighted by Crippen LogP contribution is -2.22. The minimum absolute atomic E-state index is 0.130. The second-order valence-corrected chi connectivity index (χ2v) is 7.12. The molecule has 3 rings (SSSR count). The molecule has 2 nitrogen and oxygen atoms in total. The van der Waals surface area contributed by atoms with Crippen molar-refractivity contribution < 1.29 is 4.79 Å². The van der Waals surface area contributed by atoms with Crippen LogP contribution in [0.4, 0.5) is 0 Å². The molecule has 0 saturated carbocycles. The molecule has 1 fully saturated rings. The number of likely N-dealkylation sites (tertiary alicyclic amines) is 1. The van der Waals surface area contributed by atoms with Gasteiger partial charge in [-0.25, -0.2) is 0 Å². The van der Waals surface area contributed by atoms with E-state index in [1.807, 2.05) is 55.3 Å². The summed E-state index contributed by atoms with van der Waals surface area (Å²) in [7, 11) is 1.87. The lowest BCUT2D eigenvalue weighted by Gasteiger charge is -2.20. The second-order valence-electron chi connectivity index (χ2n) is 5.83. The Kier molecular flexibility index (Phi) is 4.28. The molecule has 0 N–H and O–H groups in total.